The average Bonchev–Trinajstić information content (AvgIpc) is 3.86. The summed E-state index contributed by atoms with van der Waals surface area (Å²) in [5.74, 6) is 1.15. The molecule has 2 aliphatic rings. The third-order valence-electron chi connectivity index (χ3n) is 7.48. The molecule has 1 aromatic carbocycles. The minimum atomic E-state index is 0.290. The smallest absolute Gasteiger partial charge is 0.160 e. The van der Waals surface area contributed by atoms with E-state index in [2.05, 4.69) is 104 Å². The highest BCUT2D eigenvalue weighted by molar-refractivity contribution is 8.00. The van der Waals surface area contributed by atoms with Gasteiger partial charge in [-0.3, -0.25) is 4.79 Å². The first-order chi connectivity index (χ1) is 20.6. The lowest BCUT2D eigenvalue weighted by molar-refractivity contribution is 0.112. The van der Waals surface area contributed by atoms with Gasteiger partial charge in [0.15, 0.2) is 6.29 Å². The molecule has 6 heteroatoms. The standard InChI is InChI=1S/C32H31NOS4.2C2H6/c1-3-23-17-20(2)32(36-23)25-18-21(9-11-26(25)33-22-7-5-4-6-8-22)27-13-14-30(37-27)31-16-15-29(38-31)28-12-10-24(19-34)35-28;2*1-2/h4-16,18-20,23,25-26,32-33H,3,17H2,1-2H3;2*1-2H3. The van der Waals surface area contributed by atoms with Crippen molar-refractivity contribution in [3.05, 3.63) is 94.7 Å². The summed E-state index contributed by atoms with van der Waals surface area (Å²) in [6.07, 6.45) is 10.8. The topological polar surface area (TPSA) is 29.1 Å². The maximum Gasteiger partial charge on any atom is 0.160 e. The van der Waals surface area contributed by atoms with Crippen molar-refractivity contribution in [3.63, 3.8) is 0 Å². The maximum absolute atomic E-state index is 11.1. The first kappa shape index (κ1) is 32.5. The summed E-state index contributed by atoms with van der Waals surface area (Å²) in [7, 11) is 0. The fraction of sp³-hybridized carbons (Fsp3) is 0.361. The summed E-state index contributed by atoms with van der Waals surface area (Å²) in [5.41, 5.74) is 2.53. The van der Waals surface area contributed by atoms with Crippen LogP contribution in [0.15, 0.2) is 85.0 Å². The lowest BCUT2D eigenvalue weighted by Gasteiger charge is -2.33. The second-order valence-electron chi connectivity index (χ2n) is 10.1. The largest absolute Gasteiger partial charge is 0.378 e. The number of aldehydes is 1. The van der Waals surface area contributed by atoms with Gasteiger partial charge in [0.05, 0.1) is 10.9 Å². The van der Waals surface area contributed by atoms with Crippen LogP contribution in [0.4, 0.5) is 5.69 Å². The van der Waals surface area contributed by atoms with E-state index >= 15 is 0 Å². The Kier molecular flexibility index (Phi) is 12.3. The lowest BCUT2D eigenvalue weighted by atomic mass is 9.82. The van der Waals surface area contributed by atoms with Gasteiger partial charge in [-0.2, -0.15) is 11.8 Å². The lowest BCUT2D eigenvalue weighted by Crippen LogP contribution is -2.36. The minimum absolute atomic E-state index is 0.290. The van der Waals surface area contributed by atoms with Crippen molar-refractivity contribution in [3.8, 4) is 19.5 Å². The van der Waals surface area contributed by atoms with Gasteiger partial charge in [-0.05, 0) is 72.9 Å². The maximum atomic E-state index is 11.1. The Hall–Kier alpha value is -2.38. The molecule has 1 fully saturated rings. The third kappa shape index (κ3) is 7.57. The summed E-state index contributed by atoms with van der Waals surface area (Å²) in [6, 6.07) is 23.8. The number of allylic oxidation sites excluding steroid dienone is 2. The number of benzene rings is 1. The number of rotatable bonds is 8. The van der Waals surface area contributed by atoms with E-state index in [-0.39, 0.29) is 6.04 Å². The number of thioether (sulfide) groups is 1. The van der Waals surface area contributed by atoms with Gasteiger partial charge in [0.2, 0.25) is 0 Å². The summed E-state index contributed by atoms with van der Waals surface area (Å²) < 4.78 is 0. The van der Waals surface area contributed by atoms with Crippen molar-refractivity contribution in [2.45, 2.75) is 70.9 Å². The number of anilines is 1. The molecule has 0 amide bonds. The molecule has 0 saturated carbocycles. The predicted octanol–water partition coefficient (Wildman–Crippen LogP) is 12.0. The van der Waals surface area contributed by atoms with E-state index in [9.17, 15) is 4.79 Å². The number of carbonyl (C=O) groups is 1. The van der Waals surface area contributed by atoms with E-state index in [4.69, 9.17) is 0 Å². The second kappa shape index (κ2) is 15.9. The molecule has 0 bridgehead atoms. The quantitative estimate of drug-likeness (QED) is 0.196. The van der Waals surface area contributed by atoms with Crippen molar-refractivity contribution < 1.29 is 4.79 Å². The molecule has 0 spiro atoms. The van der Waals surface area contributed by atoms with Gasteiger partial charge in [0.1, 0.15) is 0 Å². The van der Waals surface area contributed by atoms with Crippen LogP contribution in [-0.4, -0.2) is 22.8 Å². The van der Waals surface area contributed by atoms with Crippen molar-refractivity contribution in [2.75, 3.05) is 5.32 Å². The Balaban J connectivity index is 0.000000972. The summed E-state index contributed by atoms with van der Waals surface area (Å²) >= 11 is 7.45. The van der Waals surface area contributed by atoms with Gasteiger partial charge in [0, 0.05) is 46.5 Å². The number of carbonyl (C=O) groups excluding carboxylic acids is 1. The molecule has 1 saturated heterocycles. The van der Waals surface area contributed by atoms with Crippen molar-refractivity contribution in [1.29, 1.82) is 0 Å². The number of thiophene rings is 3. The Morgan fingerprint density at radius 1 is 0.810 bits per heavy atom. The Bertz CT molecular complexity index is 1460. The number of nitrogens with one attached hydrogen (secondary N) is 1. The van der Waals surface area contributed by atoms with Gasteiger partial charge >= 0.3 is 0 Å². The molecule has 4 aromatic rings. The molecule has 222 valence electrons. The van der Waals surface area contributed by atoms with Crippen LogP contribution in [0.5, 0.6) is 0 Å². The number of para-hydroxylation sites is 1. The summed E-state index contributed by atoms with van der Waals surface area (Å²) in [4.78, 5) is 18.2. The Morgan fingerprint density at radius 3 is 2.00 bits per heavy atom. The van der Waals surface area contributed by atoms with Gasteiger partial charge < -0.3 is 5.32 Å². The fourth-order valence-corrected chi connectivity index (χ4v) is 10.4. The average molecular weight is 634 g/mol. The van der Waals surface area contributed by atoms with Crippen molar-refractivity contribution >= 4 is 63.3 Å². The highest BCUT2D eigenvalue weighted by Gasteiger charge is 2.39. The Morgan fingerprint density at radius 2 is 1.40 bits per heavy atom. The van der Waals surface area contributed by atoms with Crippen LogP contribution in [0.25, 0.3) is 25.1 Å². The van der Waals surface area contributed by atoms with Gasteiger partial charge in [-0.1, -0.05) is 78.0 Å². The van der Waals surface area contributed by atoms with Gasteiger partial charge in [-0.25, -0.2) is 0 Å². The van der Waals surface area contributed by atoms with Crippen molar-refractivity contribution in [2.24, 2.45) is 11.8 Å². The van der Waals surface area contributed by atoms with Crippen LogP contribution in [0.1, 0.15) is 68.9 Å². The molecule has 2 nitrogen and oxygen atoms in total. The molecule has 42 heavy (non-hydrogen) atoms. The normalized spacial score (nSPS) is 22.8. The van der Waals surface area contributed by atoms with Crippen LogP contribution in [-0.2, 0) is 0 Å². The first-order valence-corrected chi connectivity index (χ1v) is 18.6. The van der Waals surface area contributed by atoms with Gasteiger partial charge in [0.25, 0.3) is 0 Å². The van der Waals surface area contributed by atoms with Crippen LogP contribution < -0.4 is 5.32 Å². The molecule has 1 aliphatic heterocycles. The van der Waals surface area contributed by atoms with E-state index in [1.165, 1.54) is 43.6 Å². The van der Waals surface area contributed by atoms with Crippen molar-refractivity contribution in [1.82, 2.24) is 0 Å². The molecule has 1 N–H and O–H groups in total. The molecular weight excluding hydrogens is 591 g/mol. The Labute approximate surface area is 269 Å². The zero-order chi connectivity index (χ0) is 30.1. The van der Waals surface area contributed by atoms with Crippen LogP contribution in [0.3, 0.4) is 0 Å². The predicted molar refractivity (Wildman–Crippen MR) is 193 cm³/mol. The summed E-state index contributed by atoms with van der Waals surface area (Å²) in [6.45, 7) is 12.8. The van der Waals surface area contributed by atoms with E-state index in [1.807, 2.05) is 51.2 Å². The minimum Gasteiger partial charge on any atom is -0.378 e. The van der Waals surface area contributed by atoms with Crippen LogP contribution in [0, 0.1) is 11.8 Å². The molecule has 5 atom stereocenters. The molecule has 6 rings (SSSR count). The molecule has 1 aliphatic carbocycles. The zero-order valence-corrected chi connectivity index (χ0v) is 28.8. The zero-order valence-electron chi connectivity index (χ0n) is 25.5. The molecule has 3 aromatic heterocycles. The monoisotopic (exact) mass is 633 g/mol. The molecule has 0 radical (unpaired) electrons. The molecule has 5 unspecified atom stereocenters. The van der Waals surface area contributed by atoms with Gasteiger partial charge in [-0.15, -0.1) is 34.0 Å². The number of hydrogen-bond acceptors (Lipinski definition) is 6. The fourth-order valence-electron chi connectivity index (χ4n) is 5.51. The summed E-state index contributed by atoms with van der Waals surface area (Å²) in [5, 5.41) is 5.21. The number of hydrogen-bond donors (Lipinski definition) is 1. The molecular formula is C36H43NOS4. The van der Waals surface area contributed by atoms with E-state index in [0.29, 0.717) is 17.1 Å². The van der Waals surface area contributed by atoms with E-state index in [0.717, 1.165) is 21.3 Å². The van der Waals surface area contributed by atoms with Crippen LogP contribution in [0.2, 0.25) is 0 Å². The SMILES string of the molecule is CC.CC.CCC1CC(C)C(C2C=C(c3ccc(-c4ccc(-c5ccc(C=O)s5)s4)s3)C=CC2Nc2ccccc2)S1. The van der Waals surface area contributed by atoms with E-state index in [1.54, 1.807) is 22.7 Å². The second-order valence-corrected chi connectivity index (χ2v) is 14.9. The van der Waals surface area contributed by atoms with Crippen LogP contribution >= 0.6 is 45.8 Å². The van der Waals surface area contributed by atoms with E-state index < -0.39 is 0 Å². The third-order valence-corrected chi connectivity index (χ3v) is 13.1. The molecule has 4 heterocycles. The highest BCUT2D eigenvalue weighted by atomic mass is 32.2. The first-order valence-electron chi connectivity index (χ1n) is 15.2. The highest BCUT2D eigenvalue weighted by Crippen LogP contribution is 2.48.